The standard InChI is InChI=1S/C22H18Cl2O3/c1-14-6-8-15(9-7-14)13-27-20-11-10-19(23)18(21(20)24)12-16-4-2-3-5-17(16)22(25)26/h2-11H,12-13H2,1H3,(H,25,26). The van der Waals surface area contributed by atoms with E-state index in [0.29, 0.717) is 39.9 Å². The summed E-state index contributed by atoms with van der Waals surface area (Å²) in [6.07, 6.45) is 0.307. The van der Waals surface area contributed by atoms with Crippen molar-refractivity contribution in [3.05, 3.63) is 98.5 Å². The van der Waals surface area contributed by atoms with Gasteiger partial charge in [0, 0.05) is 11.4 Å². The van der Waals surface area contributed by atoms with Crippen molar-refractivity contribution in [3.63, 3.8) is 0 Å². The maximum Gasteiger partial charge on any atom is 0.335 e. The Hall–Kier alpha value is -2.49. The average Bonchev–Trinajstić information content (AvgIpc) is 2.66. The highest BCUT2D eigenvalue weighted by atomic mass is 35.5. The van der Waals surface area contributed by atoms with E-state index >= 15 is 0 Å². The van der Waals surface area contributed by atoms with Crippen LogP contribution in [0.1, 0.15) is 32.6 Å². The Kier molecular flexibility index (Phi) is 6.04. The zero-order valence-electron chi connectivity index (χ0n) is 14.7. The van der Waals surface area contributed by atoms with Crippen LogP contribution in [0.4, 0.5) is 0 Å². The van der Waals surface area contributed by atoms with Crippen LogP contribution in [0.15, 0.2) is 60.7 Å². The fraction of sp³-hybridized carbons (Fsp3) is 0.136. The van der Waals surface area contributed by atoms with Crippen molar-refractivity contribution in [1.82, 2.24) is 0 Å². The molecule has 0 radical (unpaired) electrons. The first-order chi connectivity index (χ1) is 13.0. The lowest BCUT2D eigenvalue weighted by Crippen LogP contribution is -2.04. The second-order valence-electron chi connectivity index (χ2n) is 6.25. The molecule has 0 saturated carbocycles. The number of hydrogen-bond acceptors (Lipinski definition) is 2. The predicted molar refractivity (Wildman–Crippen MR) is 108 cm³/mol. The van der Waals surface area contributed by atoms with Crippen molar-refractivity contribution >= 4 is 29.2 Å². The predicted octanol–water partition coefficient (Wildman–Crippen LogP) is 6.17. The fourth-order valence-corrected chi connectivity index (χ4v) is 3.33. The lowest BCUT2D eigenvalue weighted by atomic mass is 9.99. The highest BCUT2D eigenvalue weighted by molar-refractivity contribution is 6.37. The molecule has 0 spiro atoms. The Labute approximate surface area is 168 Å². The van der Waals surface area contributed by atoms with Crippen LogP contribution < -0.4 is 4.74 Å². The van der Waals surface area contributed by atoms with E-state index in [2.05, 4.69) is 0 Å². The molecule has 0 aliphatic rings. The average molecular weight is 401 g/mol. The molecule has 0 fully saturated rings. The van der Waals surface area contributed by atoms with Gasteiger partial charge in [-0.3, -0.25) is 0 Å². The minimum absolute atomic E-state index is 0.232. The molecule has 0 atom stereocenters. The lowest BCUT2D eigenvalue weighted by molar-refractivity contribution is 0.0696. The summed E-state index contributed by atoms with van der Waals surface area (Å²) < 4.78 is 5.87. The number of benzene rings is 3. The number of rotatable bonds is 6. The Balaban J connectivity index is 1.85. The second kappa shape index (κ2) is 8.47. The summed E-state index contributed by atoms with van der Waals surface area (Å²) in [7, 11) is 0. The van der Waals surface area contributed by atoms with Gasteiger partial charge in [0.15, 0.2) is 0 Å². The van der Waals surface area contributed by atoms with Gasteiger partial charge in [0.1, 0.15) is 12.4 Å². The van der Waals surface area contributed by atoms with E-state index in [-0.39, 0.29) is 5.56 Å². The monoisotopic (exact) mass is 400 g/mol. The van der Waals surface area contributed by atoms with Gasteiger partial charge in [0.25, 0.3) is 0 Å². The number of halogens is 2. The van der Waals surface area contributed by atoms with Gasteiger partial charge in [-0.05, 0) is 41.8 Å². The molecule has 0 bridgehead atoms. The van der Waals surface area contributed by atoms with Gasteiger partial charge >= 0.3 is 5.97 Å². The fourth-order valence-electron chi connectivity index (χ4n) is 2.77. The first-order valence-corrected chi connectivity index (χ1v) is 9.17. The molecule has 3 rings (SSSR count). The third-order valence-corrected chi connectivity index (χ3v) is 5.05. The molecule has 1 N–H and O–H groups in total. The molecule has 3 aromatic carbocycles. The van der Waals surface area contributed by atoms with Crippen LogP contribution in [-0.4, -0.2) is 11.1 Å². The van der Waals surface area contributed by atoms with Gasteiger partial charge in [-0.25, -0.2) is 4.79 Å². The summed E-state index contributed by atoms with van der Waals surface area (Å²) in [5.74, 6) is -0.464. The van der Waals surface area contributed by atoms with Gasteiger partial charge in [-0.15, -0.1) is 0 Å². The molecule has 27 heavy (non-hydrogen) atoms. The van der Waals surface area contributed by atoms with E-state index in [9.17, 15) is 9.90 Å². The van der Waals surface area contributed by atoms with Crippen LogP contribution in [0.2, 0.25) is 10.0 Å². The molecule has 3 aromatic rings. The molecule has 0 heterocycles. The number of aryl methyl sites for hydroxylation is 1. The van der Waals surface area contributed by atoms with Gasteiger partial charge in [-0.2, -0.15) is 0 Å². The number of carbonyl (C=O) groups is 1. The minimum atomic E-state index is -0.982. The summed E-state index contributed by atoms with van der Waals surface area (Å²) in [5, 5.41) is 10.2. The van der Waals surface area contributed by atoms with Crippen molar-refractivity contribution in [3.8, 4) is 5.75 Å². The van der Waals surface area contributed by atoms with E-state index in [4.69, 9.17) is 27.9 Å². The molecular formula is C22H18Cl2O3. The third kappa shape index (κ3) is 4.62. The first kappa shape index (κ1) is 19.3. The summed E-state index contributed by atoms with van der Waals surface area (Å²) >= 11 is 12.9. The largest absolute Gasteiger partial charge is 0.487 e. The molecule has 0 aromatic heterocycles. The van der Waals surface area contributed by atoms with Crippen molar-refractivity contribution < 1.29 is 14.6 Å². The molecule has 0 unspecified atom stereocenters. The summed E-state index contributed by atoms with van der Waals surface area (Å²) in [6, 6.07) is 18.3. The number of aromatic carboxylic acids is 1. The summed E-state index contributed by atoms with van der Waals surface area (Å²) in [6.45, 7) is 2.41. The van der Waals surface area contributed by atoms with E-state index in [1.54, 1.807) is 36.4 Å². The molecule has 0 aliphatic heterocycles. The van der Waals surface area contributed by atoms with Crippen LogP contribution in [-0.2, 0) is 13.0 Å². The zero-order chi connectivity index (χ0) is 19.4. The topological polar surface area (TPSA) is 46.5 Å². The lowest BCUT2D eigenvalue weighted by Gasteiger charge is -2.14. The van der Waals surface area contributed by atoms with Crippen molar-refractivity contribution in [2.75, 3.05) is 0 Å². The summed E-state index contributed by atoms with van der Waals surface area (Å²) in [5.41, 5.74) is 3.74. The molecular weight excluding hydrogens is 383 g/mol. The van der Waals surface area contributed by atoms with E-state index in [1.165, 1.54) is 5.56 Å². The van der Waals surface area contributed by atoms with E-state index in [0.717, 1.165) is 5.56 Å². The molecule has 138 valence electrons. The summed E-state index contributed by atoms with van der Waals surface area (Å²) in [4.78, 5) is 11.4. The molecule has 0 aliphatic carbocycles. The SMILES string of the molecule is Cc1ccc(COc2ccc(Cl)c(Cc3ccccc3C(=O)O)c2Cl)cc1. The third-order valence-electron chi connectivity index (χ3n) is 4.28. The van der Waals surface area contributed by atoms with Crippen LogP contribution in [0, 0.1) is 6.92 Å². The van der Waals surface area contributed by atoms with Crippen LogP contribution in [0.3, 0.4) is 0 Å². The smallest absolute Gasteiger partial charge is 0.335 e. The molecule has 0 amide bonds. The van der Waals surface area contributed by atoms with Crippen LogP contribution >= 0.6 is 23.2 Å². The Morgan fingerprint density at radius 2 is 1.70 bits per heavy atom. The van der Waals surface area contributed by atoms with Gasteiger partial charge in [0.05, 0.1) is 10.6 Å². The molecule has 0 saturated heterocycles. The first-order valence-electron chi connectivity index (χ1n) is 8.42. The Morgan fingerprint density at radius 1 is 1.00 bits per heavy atom. The number of carboxylic acids is 1. The number of hydrogen-bond donors (Lipinski definition) is 1. The molecule has 5 heteroatoms. The van der Waals surface area contributed by atoms with Gasteiger partial charge in [0.2, 0.25) is 0 Å². The highest BCUT2D eigenvalue weighted by Crippen LogP contribution is 2.35. The maximum atomic E-state index is 11.4. The Bertz CT molecular complexity index is 966. The van der Waals surface area contributed by atoms with Crippen LogP contribution in [0.25, 0.3) is 0 Å². The number of carboxylic acid groups (broad SMARTS) is 1. The second-order valence-corrected chi connectivity index (χ2v) is 7.04. The zero-order valence-corrected chi connectivity index (χ0v) is 16.2. The highest BCUT2D eigenvalue weighted by Gasteiger charge is 2.16. The normalized spacial score (nSPS) is 10.6. The minimum Gasteiger partial charge on any atom is -0.487 e. The van der Waals surface area contributed by atoms with Gasteiger partial charge in [-0.1, -0.05) is 71.2 Å². The van der Waals surface area contributed by atoms with Crippen molar-refractivity contribution in [2.45, 2.75) is 20.0 Å². The quantitative estimate of drug-likeness (QED) is 0.537. The van der Waals surface area contributed by atoms with E-state index < -0.39 is 5.97 Å². The van der Waals surface area contributed by atoms with Crippen molar-refractivity contribution in [2.24, 2.45) is 0 Å². The van der Waals surface area contributed by atoms with Crippen molar-refractivity contribution in [1.29, 1.82) is 0 Å². The van der Waals surface area contributed by atoms with Crippen LogP contribution in [0.5, 0.6) is 5.75 Å². The van der Waals surface area contributed by atoms with E-state index in [1.807, 2.05) is 31.2 Å². The maximum absolute atomic E-state index is 11.4. The molecule has 3 nitrogen and oxygen atoms in total. The Morgan fingerprint density at radius 3 is 2.41 bits per heavy atom. The number of ether oxygens (including phenoxy) is 1. The van der Waals surface area contributed by atoms with Gasteiger partial charge < -0.3 is 9.84 Å².